The number of hydrogen-bond donors (Lipinski definition) is 1. The number of benzene rings is 1. The molecule has 0 spiro atoms. The van der Waals surface area contributed by atoms with Gasteiger partial charge < -0.3 is 19.3 Å². The highest BCUT2D eigenvalue weighted by atomic mass is 16.5. The molecular formula is C15H21N3O3. The van der Waals surface area contributed by atoms with Gasteiger partial charge in [0.1, 0.15) is 0 Å². The summed E-state index contributed by atoms with van der Waals surface area (Å²) in [6.07, 6.45) is 0.718. The Morgan fingerprint density at radius 2 is 1.95 bits per heavy atom. The summed E-state index contributed by atoms with van der Waals surface area (Å²) in [5.41, 5.74) is 0. The molecule has 1 atom stereocenters. The molecule has 114 valence electrons. The van der Waals surface area contributed by atoms with Crippen molar-refractivity contribution in [2.24, 2.45) is 0 Å². The predicted octanol–water partition coefficient (Wildman–Crippen LogP) is 2.20. The van der Waals surface area contributed by atoms with Crippen LogP contribution in [0.2, 0.25) is 0 Å². The van der Waals surface area contributed by atoms with E-state index in [0.29, 0.717) is 35.9 Å². The van der Waals surface area contributed by atoms with Crippen molar-refractivity contribution in [3.05, 3.63) is 36.0 Å². The summed E-state index contributed by atoms with van der Waals surface area (Å²) in [7, 11) is 1.90. The Balaban J connectivity index is 1.94. The molecule has 0 bridgehead atoms. The first-order chi connectivity index (χ1) is 10.2. The normalized spacial score (nSPS) is 12.1. The van der Waals surface area contributed by atoms with Crippen LogP contribution in [-0.4, -0.2) is 29.8 Å². The lowest BCUT2D eigenvalue weighted by Crippen LogP contribution is -2.24. The smallest absolute Gasteiger partial charge is 0.264 e. The molecule has 1 aromatic carbocycles. The molecule has 1 N–H and O–H groups in total. The second-order valence-corrected chi connectivity index (χ2v) is 4.67. The van der Waals surface area contributed by atoms with Crippen LogP contribution in [0.15, 0.2) is 28.8 Å². The molecular weight excluding hydrogens is 270 g/mol. The number of aromatic nitrogens is 2. The van der Waals surface area contributed by atoms with Gasteiger partial charge >= 0.3 is 0 Å². The van der Waals surface area contributed by atoms with Crippen molar-refractivity contribution in [3.63, 3.8) is 0 Å². The van der Waals surface area contributed by atoms with Crippen LogP contribution < -0.4 is 14.8 Å². The molecule has 6 nitrogen and oxygen atoms in total. The highest BCUT2D eigenvalue weighted by molar-refractivity contribution is 5.39. The van der Waals surface area contributed by atoms with E-state index in [2.05, 4.69) is 22.4 Å². The molecule has 0 saturated carbocycles. The maximum Gasteiger partial charge on any atom is 0.264 e. The van der Waals surface area contributed by atoms with Gasteiger partial charge in [-0.3, -0.25) is 0 Å². The van der Waals surface area contributed by atoms with Crippen molar-refractivity contribution < 1.29 is 14.0 Å². The van der Waals surface area contributed by atoms with Gasteiger partial charge in [-0.2, -0.15) is 4.98 Å². The van der Waals surface area contributed by atoms with Crippen LogP contribution in [0.1, 0.15) is 25.6 Å². The topological polar surface area (TPSA) is 69.4 Å². The van der Waals surface area contributed by atoms with Gasteiger partial charge in [0.25, 0.3) is 5.89 Å². The van der Waals surface area contributed by atoms with Gasteiger partial charge in [-0.15, -0.1) is 0 Å². The summed E-state index contributed by atoms with van der Waals surface area (Å²) in [6.45, 7) is 4.81. The Bertz CT molecular complexity index is 557. The number of ether oxygens (including phenoxy) is 2. The molecule has 2 rings (SSSR count). The fourth-order valence-electron chi connectivity index (χ4n) is 1.79. The van der Waals surface area contributed by atoms with Crippen LogP contribution in [0.3, 0.4) is 0 Å². The van der Waals surface area contributed by atoms with Crippen molar-refractivity contribution in [1.82, 2.24) is 15.5 Å². The number of nitrogens with zero attached hydrogens (tertiary/aromatic N) is 2. The average Bonchev–Trinajstić information content (AvgIpc) is 2.94. The van der Waals surface area contributed by atoms with Gasteiger partial charge in [0.2, 0.25) is 0 Å². The van der Waals surface area contributed by atoms with Gasteiger partial charge in [0.05, 0.1) is 6.61 Å². The average molecular weight is 291 g/mol. The van der Waals surface area contributed by atoms with Gasteiger partial charge in [-0.05, 0) is 33.0 Å². The molecule has 1 heterocycles. The van der Waals surface area contributed by atoms with E-state index in [1.807, 2.05) is 38.2 Å². The summed E-state index contributed by atoms with van der Waals surface area (Å²) in [5.74, 6) is 2.51. The molecule has 0 aliphatic carbocycles. The van der Waals surface area contributed by atoms with Crippen molar-refractivity contribution in [1.29, 1.82) is 0 Å². The quantitative estimate of drug-likeness (QED) is 0.804. The lowest BCUT2D eigenvalue weighted by molar-refractivity contribution is 0.228. The summed E-state index contributed by atoms with van der Waals surface area (Å²) in [4.78, 5) is 4.31. The van der Waals surface area contributed by atoms with Crippen molar-refractivity contribution in [2.75, 3.05) is 13.7 Å². The standard InChI is InChI=1S/C15H21N3O3/c1-4-19-12-7-5-6-8-13(12)20-10-15-17-14(18-21-15)9-11(2)16-3/h5-8,11,16H,4,9-10H2,1-3H3. The summed E-state index contributed by atoms with van der Waals surface area (Å²) < 4.78 is 16.4. The molecule has 1 unspecified atom stereocenters. The Morgan fingerprint density at radius 3 is 2.62 bits per heavy atom. The molecule has 1 aromatic heterocycles. The monoisotopic (exact) mass is 291 g/mol. The molecule has 6 heteroatoms. The molecule has 0 amide bonds. The van der Waals surface area contributed by atoms with E-state index in [4.69, 9.17) is 14.0 Å². The lowest BCUT2D eigenvalue weighted by atomic mass is 10.2. The Hall–Kier alpha value is -2.08. The SMILES string of the molecule is CCOc1ccccc1OCc1nc(CC(C)NC)no1. The second-order valence-electron chi connectivity index (χ2n) is 4.67. The molecule has 0 aliphatic heterocycles. The van der Waals surface area contributed by atoms with Crippen molar-refractivity contribution in [3.8, 4) is 11.5 Å². The number of hydrogen-bond acceptors (Lipinski definition) is 6. The number of para-hydroxylation sites is 2. The largest absolute Gasteiger partial charge is 0.490 e. The highest BCUT2D eigenvalue weighted by Crippen LogP contribution is 2.26. The summed E-state index contributed by atoms with van der Waals surface area (Å²) in [5, 5.41) is 7.07. The Labute approximate surface area is 124 Å². The zero-order chi connectivity index (χ0) is 15.1. The molecule has 0 aliphatic rings. The van der Waals surface area contributed by atoms with Crippen LogP contribution in [-0.2, 0) is 13.0 Å². The van der Waals surface area contributed by atoms with E-state index in [-0.39, 0.29) is 6.61 Å². The van der Waals surface area contributed by atoms with E-state index < -0.39 is 0 Å². The first kappa shape index (κ1) is 15.3. The minimum Gasteiger partial charge on any atom is -0.490 e. The zero-order valence-corrected chi connectivity index (χ0v) is 12.6. The second kappa shape index (κ2) is 7.64. The van der Waals surface area contributed by atoms with Gasteiger partial charge in [0, 0.05) is 12.5 Å². The van der Waals surface area contributed by atoms with Crippen molar-refractivity contribution in [2.45, 2.75) is 32.9 Å². The third-order valence-electron chi connectivity index (χ3n) is 2.99. The van der Waals surface area contributed by atoms with Crippen LogP contribution in [0.4, 0.5) is 0 Å². The molecule has 0 radical (unpaired) electrons. The summed E-state index contributed by atoms with van der Waals surface area (Å²) in [6, 6.07) is 7.82. The predicted molar refractivity (Wildman–Crippen MR) is 78.5 cm³/mol. The number of nitrogens with one attached hydrogen (secondary N) is 1. The van der Waals surface area contributed by atoms with Crippen LogP contribution in [0.25, 0.3) is 0 Å². The van der Waals surface area contributed by atoms with E-state index in [1.54, 1.807) is 0 Å². The van der Waals surface area contributed by atoms with Gasteiger partial charge in [-0.25, -0.2) is 0 Å². The lowest BCUT2D eigenvalue weighted by Gasteiger charge is -2.09. The molecule has 0 fully saturated rings. The van der Waals surface area contributed by atoms with E-state index in [1.165, 1.54) is 0 Å². The number of rotatable bonds is 8. The Morgan fingerprint density at radius 1 is 1.24 bits per heavy atom. The fourth-order valence-corrected chi connectivity index (χ4v) is 1.79. The third kappa shape index (κ3) is 4.46. The van der Waals surface area contributed by atoms with Crippen molar-refractivity contribution >= 4 is 0 Å². The fraction of sp³-hybridized carbons (Fsp3) is 0.467. The van der Waals surface area contributed by atoms with E-state index >= 15 is 0 Å². The minimum atomic E-state index is 0.227. The first-order valence-corrected chi connectivity index (χ1v) is 7.06. The Kier molecular flexibility index (Phi) is 5.57. The van der Waals surface area contributed by atoms with E-state index in [0.717, 1.165) is 6.42 Å². The maximum absolute atomic E-state index is 5.68. The first-order valence-electron chi connectivity index (χ1n) is 7.06. The third-order valence-corrected chi connectivity index (χ3v) is 2.99. The van der Waals surface area contributed by atoms with Crippen LogP contribution >= 0.6 is 0 Å². The molecule has 21 heavy (non-hydrogen) atoms. The van der Waals surface area contributed by atoms with Gasteiger partial charge in [0.15, 0.2) is 23.9 Å². The molecule has 2 aromatic rings. The van der Waals surface area contributed by atoms with E-state index in [9.17, 15) is 0 Å². The summed E-state index contributed by atoms with van der Waals surface area (Å²) >= 11 is 0. The zero-order valence-electron chi connectivity index (χ0n) is 12.6. The molecule has 0 saturated heterocycles. The maximum atomic E-state index is 5.68. The van der Waals surface area contributed by atoms with Gasteiger partial charge in [-0.1, -0.05) is 17.3 Å². The number of likely N-dealkylation sites (N-methyl/N-ethyl adjacent to an activating group) is 1. The minimum absolute atomic E-state index is 0.227. The van der Waals surface area contributed by atoms with Crippen LogP contribution in [0, 0.1) is 0 Å². The highest BCUT2D eigenvalue weighted by Gasteiger charge is 2.11. The van der Waals surface area contributed by atoms with Crippen LogP contribution in [0.5, 0.6) is 11.5 Å².